The third kappa shape index (κ3) is 1.99. The van der Waals surface area contributed by atoms with Gasteiger partial charge in [0.1, 0.15) is 0 Å². The second kappa shape index (κ2) is 3.35. The van der Waals surface area contributed by atoms with Gasteiger partial charge in [0.25, 0.3) is 0 Å². The van der Waals surface area contributed by atoms with Gasteiger partial charge >= 0.3 is 0 Å². The van der Waals surface area contributed by atoms with Crippen molar-refractivity contribution in [3.8, 4) is 0 Å². The number of hydrogen-bond donors (Lipinski definition) is 1. The van der Waals surface area contributed by atoms with Gasteiger partial charge in [-0.15, -0.1) is 0 Å². The highest BCUT2D eigenvalue weighted by molar-refractivity contribution is 4.91. The highest BCUT2D eigenvalue weighted by atomic mass is 16.5. The summed E-state index contributed by atoms with van der Waals surface area (Å²) in [5.74, 6) is 0. The van der Waals surface area contributed by atoms with Crippen LogP contribution >= 0.6 is 0 Å². The Balaban J connectivity index is 2.53. The van der Waals surface area contributed by atoms with Crippen molar-refractivity contribution in [1.29, 1.82) is 0 Å². The fraction of sp³-hybridized carbons (Fsp3) is 1.00. The molecule has 1 saturated heterocycles. The van der Waals surface area contributed by atoms with Gasteiger partial charge < -0.3 is 10.5 Å². The predicted molar refractivity (Wildman–Crippen MR) is 51.1 cm³/mol. The molecule has 0 spiro atoms. The Morgan fingerprint density at radius 3 is 2.25 bits per heavy atom. The molecule has 0 aromatic carbocycles. The summed E-state index contributed by atoms with van der Waals surface area (Å²) in [5.41, 5.74) is 5.71. The third-order valence-electron chi connectivity index (χ3n) is 3.10. The van der Waals surface area contributed by atoms with Crippen LogP contribution in [-0.4, -0.2) is 17.7 Å². The van der Waals surface area contributed by atoms with Crippen LogP contribution in [0.15, 0.2) is 0 Å². The summed E-state index contributed by atoms with van der Waals surface area (Å²) in [7, 11) is 0. The van der Waals surface area contributed by atoms with Crippen molar-refractivity contribution in [2.75, 3.05) is 6.54 Å². The minimum absolute atomic E-state index is 0.0551. The van der Waals surface area contributed by atoms with Gasteiger partial charge in [0.05, 0.1) is 11.2 Å². The quantitative estimate of drug-likeness (QED) is 0.705. The van der Waals surface area contributed by atoms with Gasteiger partial charge in [-0.1, -0.05) is 6.92 Å². The van der Waals surface area contributed by atoms with Crippen LogP contribution in [0, 0.1) is 0 Å². The molecule has 1 aliphatic heterocycles. The van der Waals surface area contributed by atoms with Gasteiger partial charge in [-0.05, 0) is 46.1 Å². The first kappa shape index (κ1) is 10.0. The zero-order chi connectivity index (χ0) is 9.24. The van der Waals surface area contributed by atoms with Crippen LogP contribution in [0.25, 0.3) is 0 Å². The van der Waals surface area contributed by atoms with E-state index in [0.717, 1.165) is 25.8 Å². The van der Waals surface area contributed by atoms with Crippen LogP contribution in [0.4, 0.5) is 0 Å². The zero-order valence-electron chi connectivity index (χ0n) is 8.52. The Hall–Kier alpha value is -0.0800. The Kier molecular flexibility index (Phi) is 2.79. The van der Waals surface area contributed by atoms with Gasteiger partial charge in [0.15, 0.2) is 0 Å². The predicted octanol–water partition coefficient (Wildman–Crippen LogP) is 2.07. The molecule has 72 valence electrons. The van der Waals surface area contributed by atoms with Crippen molar-refractivity contribution in [2.45, 2.75) is 57.7 Å². The zero-order valence-corrected chi connectivity index (χ0v) is 8.52. The van der Waals surface area contributed by atoms with E-state index in [4.69, 9.17) is 10.5 Å². The summed E-state index contributed by atoms with van der Waals surface area (Å²) in [6.45, 7) is 7.31. The molecule has 0 aliphatic carbocycles. The Morgan fingerprint density at radius 2 is 1.83 bits per heavy atom. The van der Waals surface area contributed by atoms with Crippen LogP contribution in [-0.2, 0) is 4.74 Å². The molecule has 1 aliphatic rings. The lowest BCUT2D eigenvalue weighted by molar-refractivity contribution is -0.0889. The molecule has 2 unspecified atom stereocenters. The second-order valence-corrected chi connectivity index (χ2v) is 4.39. The lowest BCUT2D eigenvalue weighted by atomic mass is 9.95. The molecule has 1 heterocycles. The standard InChI is InChI=1S/C10H21NO/c1-4-9(2)5-6-10(3,12-9)7-8-11/h4-8,11H2,1-3H3. The summed E-state index contributed by atoms with van der Waals surface area (Å²) >= 11 is 0. The summed E-state index contributed by atoms with van der Waals surface area (Å²) in [6, 6.07) is 0. The van der Waals surface area contributed by atoms with Crippen molar-refractivity contribution in [3.63, 3.8) is 0 Å². The van der Waals surface area contributed by atoms with Crippen molar-refractivity contribution < 1.29 is 4.74 Å². The van der Waals surface area contributed by atoms with Crippen molar-refractivity contribution in [2.24, 2.45) is 5.73 Å². The normalized spacial score (nSPS) is 42.0. The van der Waals surface area contributed by atoms with E-state index in [9.17, 15) is 0 Å². The maximum absolute atomic E-state index is 6.05. The van der Waals surface area contributed by atoms with Gasteiger partial charge in [-0.2, -0.15) is 0 Å². The molecule has 0 radical (unpaired) electrons. The maximum atomic E-state index is 6.05. The lowest BCUT2D eigenvalue weighted by Gasteiger charge is -2.29. The van der Waals surface area contributed by atoms with E-state index in [1.54, 1.807) is 0 Å². The van der Waals surface area contributed by atoms with Crippen molar-refractivity contribution >= 4 is 0 Å². The van der Waals surface area contributed by atoms with E-state index in [2.05, 4.69) is 20.8 Å². The van der Waals surface area contributed by atoms with Gasteiger partial charge in [0.2, 0.25) is 0 Å². The van der Waals surface area contributed by atoms with Gasteiger partial charge in [0, 0.05) is 0 Å². The third-order valence-corrected chi connectivity index (χ3v) is 3.10. The maximum Gasteiger partial charge on any atom is 0.0675 e. The molecule has 1 fully saturated rings. The fourth-order valence-corrected chi connectivity index (χ4v) is 1.96. The molecule has 0 aromatic heterocycles. The molecular weight excluding hydrogens is 150 g/mol. The van der Waals surface area contributed by atoms with Crippen LogP contribution < -0.4 is 5.73 Å². The number of hydrogen-bond acceptors (Lipinski definition) is 2. The molecule has 0 saturated carbocycles. The van der Waals surface area contributed by atoms with Crippen molar-refractivity contribution in [1.82, 2.24) is 0 Å². The fourth-order valence-electron chi connectivity index (χ4n) is 1.96. The molecule has 0 amide bonds. The lowest BCUT2D eigenvalue weighted by Crippen LogP contribution is -2.32. The first-order valence-electron chi connectivity index (χ1n) is 4.94. The molecule has 2 nitrogen and oxygen atoms in total. The van der Waals surface area contributed by atoms with E-state index in [1.807, 2.05) is 0 Å². The molecule has 2 N–H and O–H groups in total. The molecule has 0 aromatic rings. The highest BCUT2D eigenvalue weighted by Gasteiger charge is 2.41. The van der Waals surface area contributed by atoms with E-state index in [0.29, 0.717) is 0 Å². The largest absolute Gasteiger partial charge is 0.369 e. The highest BCUT2D eigenvalue weighted by Crippen LogP contribution is 2.40. The van der Waals surface area contributed by atoms with Crippen LogP contribution in [0.5, 0.6) is 0 Å². The number of nitrogens with two attached hydrogens (primary N) is 1. The van der Waals surface area contributed by atoms with Gasteiger partial charge in [-0.3, -0.25) is 0 Å². The smallest absolute Gasteiger partial charge is 0.0675 e. The van der Waals surface area contributed by atoms with Gasteiger partial charge in [-0.25, -0.2) is 0 Å². The van der Waals surface area contributed by atoms with E-state index in [-0.39, 0.29) is 11.2 Å². The average molecular weight is 171 g/mol. The Labute approximate surface area is 75.5 Å². The van der Waals surface area contributed by atoms with Crippen molar-refractivity contribution in [3.05, 3.63) is 0 Å². The average Bonchev–Trinajstić information content (AvgIpc) is 2.30. The Morgan fingerprint density at radius 1 is 1.25 bits per heavy atom. The monoisotopic (exact) mass is 171 g/mol. The molecule has 2 atom stereocenters. The number of rotatable bonds is 3. The van der Waals surface area contributed by atoms with E-state index < -0.39 is 0 Å². The summed E-state index contributed by atoms with van der Waals surface area (Å²) in [6.07, 6.45) is 4.43. The minimum Gasteiger partial charge on any atom is -0.369 e. The topological polar surface area (TPSA) is 35.2 Å². The molecule has 1 rings (SSSR count). The van der Waals surface area contributed by atoms with Crippen LogP contribution in [0.2, 0.25) is 0 Å². The van der Waals surface area contributed by atoms with Crippen LogP contribution in [0.1, 0.15) is 46.5 Å². The molecule has 0 bridgehead atoms. The first-order valence-corrected chi connectivity index (χ1v) is 4.94. The van der Waals surface area contributed by atoms with E-state index in [1.165, 1.54) is 6.42 Å². The summed E-state index contributed by atoms with van der Waals surface area (Å²) in [5, 5.41) is 0. The Bertz CT molecular complexity index is 160. The minimum atomic E-state index is 0.0551. The SMILES string of the molecule is CCC1(C)CCC(C)(CCN)O1. The first-order chi connectivity index (χ1) is 5.54. The molecule has 2 heteroatoms. The van der Waals surface area contributed by atoms with E-state index >= 15 is 0 Å². The molecular formula is C10H21NO. The summed E-state index contributed by atoms with van der Waals surface area (Å²) < 4.78 is 6.05. The number of ether oxygens (including phenoxy) is 1. The summed E-state index contributed by atoms with van der Waals surface area (Å²) in [4.78, 5) is 0. The second-order valence-electron chi connectivity index (χ2n) is 4.39. The van der Waals surface area contributed by atoms with Crippen LogP contribution in [0.3, 0.4) is 0 Å². The molecule has 12 heavy (non-hydrogen) atoms.